The third kappa shape index (κ3) is 4.40. The lowest BCUT2D eigenvalue weighted by molar-refractivity contribution is 0.0554. The number of rotatable bonds is 8. The third-order valence-corrected chi connectivity index (χ3v) is 7.28. The van der Waals surface area contributed by atoms with Crippen molar-refractivity contribution in [2.45, 2.75) is 13.0 Å². The average Bonchev–Trinajstić information content (AvgIpc) is 3.44. The summed E-state index contributed by atoms with van der Waals surface area (Å²) in [6.45, 7) is 9.21. The fraction of sp³-hybridized carbons (Fsp3) is 0.143. The highest BCUT2D eigenvalue weighted by molar-refractivity contribution is 7.17. The molecule has 5 rings (SSSR count). The van der Waals surface area contributed by atoms with E-state index in [9.17, 15) is 14.4 Å². The Kier molecular flexibility index (Phi) is 6.88. The van der Waals surface area contributed by atoms with Crippen molar-refractivity contribution in [3.05, 3.63) is 110 Å². The van der Waals surface area contributed by atoms with Gasteiger partial charge in [0.2, 0.25) is 5.76 Å². The van der Waals surface area contributed by atoms with E-state index in [0.29, 0.717) is 28.6 Å². The first-order chi connectivity index (χ1) is 18.3. The molecule has 0 radical (unpaired) electrons. The fourth-order valence-corrected chi connectivity index (χ4v) is 5.39. The number of aromatic nitrogens is 1. The Morgan fingerprint density at radius 3 is 2.61 bits per heavy atom. The molecule has 1 atom stereocenters. The molecule has 1 amide bonds. The number of halogens is 1. The Morgan fingerprint density at radius 2 is 1.89 bits per heavy atom. The summed E-state index contributed by atoms with van der Waals surface area (Å²) < 4.78 is 16.7. The number of hydrogen-bond acceptors (Lipinski definition) is 8. The van der Waals surface area contributed by atoms with Crippen molar-refractivity contribution in [3.8, 4) is 5.75 Å². The second kappa shape index (κ2) is 10.3. The molecular weight excluding hydrogens is 528 g/mol. The minimum atomic E-state index is -0.867. The van der Waals surface area contributed by atoms with Crippen molar-refractivity contribution >= 4 is 50.9 Å². The number of benzene rings is 2. The zero-order valence-electron chi connectivity index (χ0n) is 20.2. The van der Waals surface area contributed by atoms with Crippen molar-refractivity contribution in [1.82, 2.24) is 4.98 Å². The summed E-state index contributed by atoms with van der Waals surface area (Å²) in [5.74, 6) is -0.624. The van der Waals surface area contributed by atoms with Gasteiger partial charge in [-0.25, -0.2) is 9.78 Å². The van der Waals surface area contributed by atoms with Crippen LogP contribution in [-0.4, -0.2) is 30.1 Å². The molecule has 0 fully saturated rings. The maximum Gasteiger partial charge on any atom is 0.350 e. The topological polar surface area (TPSA) is 98.9 Å². The molecule has 38 heavy (non-hydrogen) atoms. The molecule has 0 saturated heterocycles. The quantitative estimate of drug-likeness (QED) is 0.200. The summed E-state index contributed by atoms with van der Waals surface area (Å²) in [5, 5.41) is 0.846. The van der Waals surface area contributed by atoms with E-state index >= 15 is 0 Å². The van der Waals surface area contributed by atoms with Crippen LogP contribution < -0.4 is 15.1 Å². The molecule has 1 unspecified atom stereocenters. The lowest BCUT2D eigenvalue weighted by atomic mass is 9.98. The molecule has 0 N–H and O–H groups in total. The normalized spacial score (nSPS) is 14.4. The van der Waals surface area contributed by atoms with Crippen LogP contribution in [0.1, 0.15) is 43.1 Å². The SMILES string of the molecule is C=CCOC(=O)c1sc(N2C(=O)c3oc4ccc(Cl)cc4c(=O)c3C2c2ccc(OCC=C)cc2)nc1C. The van der Waals surface area contributed by atoms with Crippen LogP contribution in [0.3, 0.4) is 0 Å². The number of ether oxygens (including phenoxy) is 2. The highest BCUT2D eigenvalue weighted by atomic mass is 35.5. The Labute approximate surface area is 226 Å². The van der Waals surface area contributed by atoms with Crippen molar-refractivity contribution in [2.24, 2.45) is 0 Å². The first kappa shape index (κ1) is 25.4. The van der Waals surface area contributed by atoms with Crippen LogP contribution in [0.2, 0.25) is 5.02 Å². The monoisotopic (exact) mass is 548 g/mol. The fourth-order valence-electron chi connectivity index (χ4n) is 4.23. The van der Waals surface area contributed by atoms with Gasteiger partial charge in [-0.1, -0.05) is 60.4 Å². The third-order valence-electron chi connectivity index (χ3n) is 5.90. The van der Waals surface area contributed by atoms with E-state index in [4.69, 9.17) is 25.5 Å². The Balaban J connectivity index is 1.68. The molecule has 2 aromatic heterocycles. The Hall–Kier alpha value is -4.21. The van der Waals surface area contributed by atoms with Gasteiger partial charge in [-0.15, -0.1) is 0 Å². The van der Waals surface area contributed by atoms with Crippen molar-refractivity contribution in [1.29, 1.82) is 0 Å². The van der Waals surface area contributed by atoms with Crippen molar-refractivity contribution < 1.29 is 23.5 Å². The first-order valence-corrected chi connectivity index (χ1v) is 12.7. The predicted molar refractivity (Wildman–Crippen MR) is 146 cm³/mol. The molecule has 0 saturated carbocycles. The molecule has 0 aliphatic carbocycles. The van der Waals surface area contributed by atoms with Gasteiger partial charge in [0.25, 0.3) is 5.91 Å². The van der Waals surface area contributed by atoms with Gasteiger partial charge in [0, 0.05) is 5.02 Å². The van der Waals surface area contributed by atoms with Crippen LogP contribution in [0.15, 0.2) is 77.0 Å². The number of aryl methyl sites for hydroxylation is 1. The smallest absolute Gasteiger partial charge is 0.350 e. The number of amides is 1. The van der Waals surface area contributed by atoms with Gasteiger partial charge < -0.3 is 13.9 Å². The zero-order valence-corrected chi connectivity index (χ0v) is 21.8. The van der Waals surface area contributed by atoms with Gasteiger partial charge in [0.15, 0.2) is 10.6 Å². The number of anilines is 1. The highest BCUT2D eigenvalue weighted by Gasteiger charge is 2.45. The van der Waals surface area contributed by atoms with E-state index in [1.807, 2.05) is 0 Å². The molecule has 1 aliphatic rings. The summed E-state index contributed by atoms with van der Waals surface area (Å²) in [7, 11) is 0. The largest absolute Gasteiger partial charge is 0.490 e. The highest BCUT2D eigenvalue weighted by Crippen LogP contribution is 2.43. The number of hydrogen-bond donors (Lipinski definition) is 0. The van der Waals surface area contributed by atoms with E-state index in [2.05, 4.69) is 18.1 Å². The molecule has 4 aromatic rings. The molecule has 3 heterocycles. The minimum absolute atomic E-state index is 0.0378. The maximum atomic E-state index is 13.8. The van der Waals surface area contributed by atoms with Crippen LogP contribution >= 0.6 is 22.9 Å². The number of fused-ring (bicyclic) bond motifs is 2. The van der Waals surface area contributed by atoms with Crippen molar-refractivity contribution in [3.63, 3.8) is 0 Å². The van der Waals surface area contributed by atoms with E-state index in [0.717, 1.165) is 11.3 Å². The number of carbonyl (C=O) groups is 2. The molecular formula is C28H21ClN2O6S. The van der Waals surface area contributed by atoms with Crippen LogP contribution in [0.5, 0.6) is 5.75 Å². The van der Waals surface area contributed by atoms with Crippen LogP contribution in [0.25, 0.3) is 11.0 Å². The Bertz CT molecular complexity index is 1660. The Morgan fingerprint density at radius 1 is 1.16 bits per heavy atom. The van der Waals surface area contributed by atoms with Gasteiger partial charge in [0.1, 0.15) is 29.4 Å². The summed E-state index contributed by atoms with van der Waals surface area (Å²) in [6, 6.07) is 10.8. The number of thiazole rings is 1. The second-order valence-electron chi connectivity index (χ2n) is 8.36. The van der Waals surface area contributed by atoms with Crippen molar-refractivity contribution in [2.75, 3.05) is 18.1 Å². The number of esters is 1. The summed E-state index contributed by atoms with van der Waals surface area (Å²) in [5.41, 5.74) is 1.04. The zero-order chi connectivity index (χ0) is 27.0. The van der Waals surface area contributed by atoms with E-state index in [1.165, 1.54) is 17.0 Å². The van der Waals surface area contributed by atoms with E-state index < -0.39 is 17.9 Å². The first-order valence-electron chi connectivity index (χ1n) is 11.5. The van der Waals surface area contributed by atoms with E-state index in [-0.39, 0.29) is 44.3 Å². The van der Waals surface area contributed by atoms with E-state index in [1.54, 1.807) is 49.4 Å². The molecule has 0 spiro atoms. The van der Waals surface area contributed by atoms with Gasteiger partial charge in [-0.3, -0.25) is 14.5 Å². The summed E-state index contributed by atoms with van der Waals surface area (Å²) in [6.07, 6.45) is 3.09. The molecule has 2 aromatic carbocycles. The van der Waals surface area contributed by atoms with Gasteiger partial charge >= 0.3 is 5.97 Å². The molecule has 0 bridgehead atoms. The predicted octanol–water partition coefficient (Wildman–Crippen LogP) is 5.87. The molecule has 10 heteroatoms. The average molecular weight is 549 g/mol. The van der Waals surface area contributed by atoms with Gasteiger partial charge in [-0.05, 0) is 42.8 Å². The minimum Gasteiger partial charge on any atom is -0.490 e. The standard InChI is InChI=1S/C28H21ClN2O6S/c1-4-12-35-18-9-6-16(7-10-18)22-21-23(32)19-14-17(29)8-11-20(19)37-24(21)26(33)31(22)28-30-15(3)25(38-28)27(34)36-13-5-2/h4-11,14,22H,1-2,12-13H2,3H3. The lowest BCUT2D eigenvalue weighted by Gasteiger charge is -2.22. The van der Waals surface area contributed by atoms with Crippen LogP contribution in [-0.2, 0) is 4.74 Å². The van der Waals surface area contributed by atoms with Crippen LogP contribution in [0, 0.1) is 6.92 Å². The van der Waals surface area contributed by atoms with Gasteiger partial charge in [0.05, 0.1) is 22.7 Å². The van der Waals surface area contributed by atoms with Gasteiger partial charge in [-0.2, -0.15) is 0 Å². The molecule has 192 valence electrons. The van der Waals surface area contributed by atoms with Crippen LogP contribution in [0.4, 0.5) is 5.13 Å². The second-order valence-corrected chi connectivity index (χ2v) is 9.77. The number of nitrogens with zero attached hydrogens (tertiary/aromatic N) is 2. The maximum absolute atomic E-state index is 13.8. The molecule has 8 nitrogen and oxygen atoms in total. The lowest BCUT2D eigenvalue weighted by Crippen LogP contribution is -2.29. The number of carbonyl (C=O) groups excluding carboxylic acids is 2. The summed E-state index contributed by atoms with van der Waals surface area (Å²) in [4.78, 5) is 46.2. The summed E-state index contributed by atoms with van der Waals surface area (Å²) >= 11 is 7.16. The molecule has 1 aliphatic heterocycles.